The van der Waals surface area contributed by atoms with E-state index in [4.69, 9.17) is 28.9 Å². The summed E-state index contributed by atoms with van der Waals surface area (Å²) in [4.78, 5) is 11.8. The fourth-order valence-electron chi connectivity index (χ4n) is 1.45. The van der Waals surface area contributed by atoms with E-state index < -0.39 is 6.04 Å². The van der Waals surface area contributed by atoms with Gasteiger partial charge in [0.05, 0.1) is 21.8 Å². The minimum Gasteiger partial charge on any atom is -0.322 e. The van der Waals surface area contributed by atoms with Crippen molar-refractivity contribution in [2.45, 2.75) is 26.3 Å². The van der Waals surface area contributed by atoms with Gasteiger partial charge in [0.25, 0.3) is 0 Å². The molecular weight excluding hydrogens is 259 g/mol. The molecule has 0 saturated carbocycles. The van der Waals surface area contributed by atoms with Crippen LogP contribution in [0.3, 0.4) is 0 Å². The van der Waals surface area contributed by atoms with E-state index in [1.54, 1.807) is 18.2 Å². The maximum atomic E-state index is 11.8. The van der Waals surface area contributed by atoms with Crippen molar-refractivity contribution in [1.29, 1.82) is 0 Å². The average molecular weight is 275 g/mol. The zero-order valence-corrected chi connectivity index (χ0v) is 11.3. The third-order valence-corrected chi connectivity index (χ3v) is 2.90. The first-order chi connectivity index (χ1) is 7.91. The van der Waals surface area contributed by atoms with Gasteiger partial charge in [-0.15, -0.1) is 0 Å². The molecule has 0 heterocycles. The fraction of sp³-hybridized carbons (Fsp3) is 0.417. The molecule has 1 atom stereocenters. The van der Waals surface area contributed by atoms with Gasteiger partial charge in [-0.05, 0) is 24.5 Å². The molecule has 17 heavy (non-hydrogen) atoms. The lowest BCUT2D eigenvalue weighted by Crippen LogP contribution is -2.36. The van der Waals surface area contributed by atoms with Gasteiger partial charge in [0.15, 0.2) is 0 Å². The number of halogens is 2. The Bertz CT molecular complexity index is 387. The summed E-state index contributed by atoms with van der Waals surface area (Å²) in [6.45, 7) is 4.02. The lowest BCUT2D eigenvalue weighted by molar-refractivity contribution is -0.117. The monoisotopic (exact) mass is 274 g/mol. The number of amides is 1. The quantitative estimate of drug-likeness (QED) is 0.885. The van der Waals surface area contributed by atoms with E-state index in [0.29, 0.717) is 28.1 Å². The van der Waals surface area contributed by atoms with Crippen LogP contribution in [0.2, 0.25) is 10.0 Å². The second-order valence-corrected chi connectivity index (χ2v) is 5.14. The summed E-state index contributed by atoms with van der Waals surface area (Å²) in [5, 5.41) is 3.47. The van der Waals surface area contributed by atoms with Gasteiger partial charge < -0.3 is 11.1 Å². The number of rotatable bonds is 4. The Morgan fingerprint density at radius 2 is 1.88 bits per heavy atom. The number of hydrogen-bond acceptors (Lipinski definition) is 2. The largest absolute Gasteiger partial charge is 0.322 e. The highest BCUT2D eigenvalue weighted by molar-refractivity contribution is 6.39. The number of hydrogen-bond donors (Lipinski definition) is 2. The predicted molar refractivity (Wildman–Crippen MR) is 72.5 cm³/mol. The highest BCUT2D eigenvalue weighted by Crippen LogP contribution is 2.29. The molecule has 0 fully saturated rings. The number of carbonyl (C=O) groups is 1. The molecule has 5 heteroatoms. The summed E-state index contributed by atoms with van der Waals surface area (Å²) in [5.41, 5.74) is 6.18. The minimum absolute atomic E-state index is 0.270. The molecule has 0 aromatic heterocycles. The molecule has 1 aromatic carbocycles. The molecule has 1 amide bonds. The van der Waals surface area contributed by atoms with Crippen LogP contribution >= 0.6 is 23.2 Å². The van der Waals surface area contributed by atoms with Gasteiger partial charge in [0.2, 0.25) is 5.91 Å². The summed E-state index contributed by atoms with van der Waals surface area (Å²) in [6.07, 6.45) is 0.619. The molecular formula is C12H16Cl2N2O. The second kappa shape index (κ2) is 6.24. The summed E-state index contributed by atoms with van der Waals surface area (Å²) in [6, 6.07) is 4.49. The lowest BCUT2D eigenvalue weighted by Gasteiger charge is -2.15. The number of para-hydroxylation sites is 1. The van der Waals surface area contributed by atoms with E-state index in [0.717, 1.165) is 0 Å². The van der Waals surface area contributed by atoms with Crippen molar-refractivity contribution in [3.63, 3.8) is 0 Å². The molecule has 0 aliphatic heterocycles. The van der Waals surface area contributed by atoms with E-state index in [-0.39, 0.29) is 5.91 Å². The highest BCUT2D eigenvalue weighted by Gasteiger charge is 2.17. The summed E-state index contributed by atoms with van der Waals surface area (Å²) in [7, 11) is 0. The molecule has 1 aromatic rings. The summed E-state index contributed by atoms with van der Waals surface area (Å²) >= 11 is 11.9. The number of carbonyl (C=O) groups excluding carboxylic acids is 1. The Morgan fingerprint density at radius 1 is 1.35 bits per heavy atom. The predicted octanol–water partition coefficient (Wildman–Crippen LogP) is 3.31. The van der Waals surface area contributed by atoms with Crippen molar-refractivity contribution in [3.8, 4) is 0 Å². The summed E-state index contributed by atoms with van der Waals surface area (Å²) in [5.74, 6) is 0.0890. The molecule has 0 aliphatic carbocycles. The van der Waals surface area contributed by atoms with E-state index >= 15 is 0 Å². The highest BCUT2D eigenvalue weighted by atomic mass is 35.5. The third kappa shape index (κ3) is 4.19. The second-order valence-electron chi connectivity index (χ2n) is 4.32. The lowest BCUT2D eigenvalue weighted by atomic mass is 10.0. The molecule has 94 valence electrons. The zero-order valence-electron chi connectivity index (χ0n) is 9.84. The van der Waals surface area contributed by atoms with Crippen molar-refractivity contribution < 1.29 is 4.79 Å². The van der Waals surface area contributed by atoms with E-state index in [2.05, 4.69) is 5.32 Å². The Labute approximate surface area is 111 Å². The molecule has 3 nitrogen and oxygen atoms in total. The van der Waals surface area contributed by atoms with Crippen LogP contribution in [-0.4, -0.2) is 11.9 Å². The smallest absolute Gasteiger partial charge is 0.241 e. The Balaban J connectivity index is 2.74. The molecule has 1 rings (SSSR count). The standard InChI is InChI=1S/C12H16Cl2N2O/c1-7(2)6-10(15)12(17)16-11-8(13)4-3-5-9(11)14/h3-5,7,10H,6,15H2,1-2H3,(H,16,17)/t10-/m0/s1. The molecule has 0 spiro atoms. The van der Waals surface area contributed by atoms with Crippen LogP contribution < -0.4 is 11.1 Å². The third-order valence-electron chi connectivity index (χ3n) is 2.27. The van der Waals surface area contributed by atoms with Gasteiger partial charge in [0.1, 0.15) is 0 Å². The van der Waals surface area contributed by atoms with E-state index in [9.17, 15) is 4.79 Å². The van der Waals surface area contributed by atoms with Gasteiger partial charge in [-0.3, -0.25) is 4.79 Å². The number of nitrogens with two attached hydrogens (primary N) is 1. The maximum Gasteiger partial charge on any atom is 0.241 e. The van der Waals surface area contributed by atoms with Crippen LogP contribution in [0.5, 0.6) is 0 Å². The van der Waals surface area contributed by atoms with Gasteiger partial charge in [-0.1, -0.05) is 43.1 Å². The topological polar surface area (TPSA) is 55.1 Å². The van der Waals surface area contributed by atoms with Gasteiger partial charge in [0, 0.05) is 0 Å². The van der Waals surface area contributed by atoms with Crippen molar-refractivity contribution in [3.05, 3.63) is 28.2 Å². The van der Waals surface area contributed by atoms with Crippen molar-refractivity contribution in [1.82, 2.24) is 0 Å². The summed E-state index contributed by atoms with van der Waals surface area (Å²) < 4.78 is 0. The number of anilines is 1. The molecule has 0 bridgehead atoms. The number of benzene rings is 1. The van der Waals surface area contributed by atoms with Crippen molar-refractivity contribution in [2.24, 2.45) is 11.7 Å². The fourth-order valence-corrected chi connectivity index (χ4v) is 1.94. The van der Waals surface area contributed by atoms with Gasteiger partial charge in [-0.25, -0.2) is 0 Å². The van der Waals surface area contributed by atoms with Crippen LogP contribution in [0.1, 0.15) is 20.3 Å². The van der Waals surface area contributed by atoms with Crippen LogP contribution in [-0.2, 0) is 4.79 Å². The molecule has 0 saturated heterocycles. The Hall–Kier alpha value is -0.770. The maximum absolute atomic E-state index is 11.8. The van der Waals surface area contributed by atoms with Crippen molar-refractivity contribution in [2.75, 3.05) is 5.32 Å². The van der Waals surface area contributed by atoms with Crippen LogP contribution in [0.15, 0.2) is 18.2 Å². The normalized spacial score (nSPS) is 12.6. The Kier molecular flexibility index (Phi) is 5.25. The first-order valence-corrected chi connectivity index (χ1v) is 6.18. The van der Waals surface area contributed by atoms with Gasteiger partial charge in [-0.2, -0.15) is 0 Å². The van der Waals surface area contributed by atoms with E-state index in [1.807, 2.05) is 13.8 Å². The number of nitrogens with one attached hydrogen (secondary N) is 1. The molecule has 0 unspecified atom stereocenters. The first-order valence-electron chi connectivity index (χ1n) is 5.42. The van der Waals surface area contributed by atoms with Crippen LogP contribution in [0.25, 0.3) is 0 Å². The Morgan fingerprint density at radius 3 is 2.35 bits per heavy atom. The minimum atomic E-state index is -0.553. The zero-order chi connectivity index (χ0) is 13.0. The first kappa shape index (κ1) is 14.3. The van der Waals surface area contributed by atoms with E-state index in [1.165, 1.54) is 0 Å². The molecule has 0 radical (unpaired) electrons. The van der Waals surface area contributed by atoms with Crippen molar-refractivity contribution >= 4 is 34.8 Å². The van der Waals surface area contributed by atoms with Crippen LogP contribution in [0, 0.1) is 5.92 Å². The van der Waals surface area contributed by atoms with Gasteiger partial charge >= 0.3 is 0 Å². The van der Waals surface area contributed by atoms with Crippen LogP contribution in [0.4, 0.5) is 5.69 Å². The SMILES string of the molecule is CC(C)C[C@H](N)C(=O)Nc1c(Cl)cccc1Cl. The average Bonchev–Trinajstić information content (AvgIpc) is 2.22. The molecule has 0 aliphatic rings. The molecule has 3 N–H and O–H groups in total.